The number of para-hydroxylation sites is 1. The number of anilines is 1. The molecule has 0 heterocycles. The molecule has 0 aromatic heterocycles. The average Bonchev–Trinajstić information content (AvgIpc) is 2.15. The molecule has 1 aromatic rings. The van der Waals surface area contributed by atoms with E-state index in [-0.39, 0.29) is 5.91 Å². The van der Waals surface area contributed by atoms with Gasteiger partial charge in [0.1, 0.15) is 0 Å². The molecule has 1 rings (SSSR count). The fourth-order valence-corrected chi connectivity index (χ4v) is 1.32. The van der Waals surface area contributed by atoms with Gasteiger partial charge in [0.2, 0.25) is 0 Å². The summed E-state index contributed by atoms with van der Waals surface area (Å²) in [5.41, 5.74) is 0.769. The molecule has 0 aliphatic rings. The zero-order valence-electron chi connectivity index (χ0n) is 8.00. The molecule has 0 atom stereocenters. The van der Waals surface area contributed by atoms with E-state index in [0.29, 0.717) is 0 Å². The molecule has 14 heavy (non-hydrogen) atoms. The number of carbonyl (C=O) groups is 1. The molecule has 2 nitrogen and oxygen atoms in total. The van der Waals surface area contributed by atoms with Crippen molar-refractivity contribution in [2.45, 2.75) is 11.3 Å². The van der Waals surface area contributed by atoms with Crippen molar-refractivity contribution in [1.29, 1.82) is 0 Å². The first-order chi connectivity index (χ1) is 6.43. The molecule has 1 aromatic carbocycles. The molecule has 0 unspecified atom stereocenters. The minimum atomic E-state index is -1.38. The summed E-state index contributed by atoms with van der Waals surface area (Å²) in [6.45, 7) is 1.46. The molecule has 0 radical (unpaired) electrons. The molecule has 4 heteroatoms. The zero-order chi connectivity index (χ0) is 10.8. The second-order valence-electron chi connectivity index (χ2n) is 3.09. The molecule has 0 aliphatic heterocycles. The Kier molecular flexibility index (Phi) is 3.40. The number of alkyl halides is 2. The van der Waals surface area contributed by atoms with E-state index in [1.165, 1.54) is 11.8 Å². The van der Waals surface area contributed by atoms with E-state index in [1.807, 2.05) is 30.3 Å². The normalized spacial score (nSPS) is 11.1. The molecular weight excluding hydrogens is 221 g/mol. The van der Waals surface area contributed by atoms with Gasteiger partial charge in [-0.05, 0) is 19.1 Å². The highest BCUT2D eigenvalue weighted by atomic mass is 35.5. The molecule has 0 aliphatic carbocycles. The highest BCUT2D eigenvalue weighted by Gasteiger charge is 2.30. The standard InChI is InChI=1S/C10H11Cl2NO/c1-10(11,12)9(14)13(2)8-6-4-3-5-7-8/h3-7H,1-2H3. The number of benzene rings is 1. The van der Waals surface area contributed by atoms with Crippen LogP contribution in [0.15, 0.2) is 30.3 Å². The third-order valence-corrected chi connectivity index (χ3v) is 2.15. The quantitative estimate of drug-likeness (QED) is 0.718. The monoisotopic (exact) mass is 231 g/mol. The lowest BCUT2D eigenvalue weighted by Crippen LogP contribution is -2.37. The van der Waals surface area contributed by atoms with Gasteiger partial charge in [-0.1, -0.05) is 41.4 Å². The summed E-state index contributed by atoms with van der Waals surface area (Å²) in [6.07, 6.45) is 0. The Labute approximate surface area is 93.4 Å². The number of carbonyl (C=O) groups excluding carboxylic acids is 1. The van der Waals surface area contributed by atoms with E-state index in [0.717, 1.165) is 5.69 Å². The highest BCUT2D eigenvalue weighted by Crippen LogP contribution is 2.24. The van der Waals surface area contributed by atoms with Gasteiger partial charge in [0.25, 0.3) is 5.91 Å². The van der Waals surface area contributed by atoms with Crippen molar-refractivity contribution in [2.24, 2.45) is 0 Å². The summed E-state index contributed by atoms with van der Waals surface area (Å²) in [6, 6.07) is 9.20. The van der Waals surface area contributed by atoms with Gasteiger partial charge in [-0.15, -0.1) is 0 Å². The summed E-state index contributed by atoms with van der Waals surface area (Å²) in [4.78, 5) is 13.1. The smallest absolute Gasteiger partial charge is 0.262 e. The molecule has 0 saturated carbocycles. The average molecular weight is 232 g/mol. The van der Waals surface area contributed by atoms with E-state index in [2.05, 4.69) is 0 Å². The van der Waals surface area contributed by atoms with Gasteiger partial charge in [0, 0.05) is 12.7 Å². The van der Waals surface area contributed by atoms with Crippen molar-refractivity contribution in [3.05, 3.63) is 30.3 Å². The van der Waals surface area contributed by atoms with Crippen LogP contribution in [-0.2, 0) is 4.79 Å². The van der Waals surface area contributed by atoms with E-state index in [4.69, 9.17) is 23.2 Å². The first-order valence-electron chi connectivity index (χ1n) is 4.14. The van der Waals surface area contributed by atoms with Gasteiger partial charge in [-0.2, -0.15) is 0 Å². The van der Waals surface area contributed by atoms with Crippen LogP contribution in [0.25, 0.3) is 0 Å². The van der Waals surface area contributed by atoms with Crippen LogP contribution < -0.4 is 4.90 Å². The highest BCUT2D eigenvalue weighted by molar-refractivity contribution is 6.58. The molecule has 0 bridgehead atoms. The molecule has 1 amide bonds. The third-order valence-electron chi connectivity index (χ3n) is 1.82. The van der Waals surface area contributed by atoms with Crippen LogP contribution in [0.4, 0.5) is 5.69 Å². The summed E-state index contributed by atoms with van der Waals surface area (Å²) in [5.74, 6) is -0.341. The number of rotatable bonds is 2. The predicted octanol–water partition coefficient (Wildman–Crippen LogP) is 2.84. The van der Waals surface area contributed by atoms with E-state index in [1.54, 1.807) is 7.05 Å². The predicted molar refractivity (Wildman–Crippen MR) is 60.0 cm³/mol. The van der Waals surface area contributed by atoms with E-state index >= 15 is 0 Å². The van der Waals surface area contributed by atoms with Crippen LogP contribution in [0.1, 0.15) is 6.92 Å². The van der Waals surface area contributed by atoms with Crippen LogP contribution in [0.2, 0.25) is 0 Å². The number of amides is 1. The van der Waals surface area contributed by atoms with Crippen LogP contribution >= 0.6 is 23.2 Å². The lowest BCUT2D eigenvalue weighted by molar-refractivity contribution is -0.118. The lowest BCUT2D eigenvalue weighted by atomic mass is 10.3. The molecule has 0 N–H and O–H groups in total. The van der Waals surface area contributed by atoms with Gasteiger partial charge in [0.05, 0.1) is 0 Å². The van der Waals surface area contributed by atoms with E-state index < -0.39 is 4.33 Å². The fourth-order valence-electron chi connectivity index (χ4n) is 1.06. The zero-order valence-corrected chi connectivity index (χ0v) is 9.51. The Morgan fingerprint density at radius 2 is 1.79 bits per heavy atom. The van der Waals surface area contributed by atoms with Gasteiger partial charge in [-0.25, -0.2) is 0 Å². The van der Waals surface area contributed by atoms with Crippen molar-refractivity contribution in [3.63, 3.8) is 0 Å². The van der Waals surface area contributed by atoms with Crippen molar-refractivity contribution < 1.29 is 4.79 Å². The van der Waals surface area contributed by atoms with Crippen molar-refractivity contribution in [3.8, 4) is 0 Å². The van der Waals surface area contributed by atoms with Gasteiger partial charge < -0.3 is 4.90 Å². The Morgan fingerprint density at radius 1 is 1.29 bits per heavy atom. The first kappa shape index (κ1) is 11.3. The fraction of sp³-hybridized carbons (Fsp3) is 0.300. The van der Waals surface area contributed by atoms with Crippen LogP contribution in [0.5, 0.6) is 0 Å². The minimum absolute atomic E-state index is 0.341. The molecule has 0 saturated heterocycles. The topological polar surface area (TPSA) is 20.3 Å². The third kappa shape index (κ3) is 2.63. The maximum atomic E-state index is 11.6. The number of nitrogens with zero attached hydrogens (tertiary/aromatic N) is 1. The second kappa shape index (κ2) is 4.20. The lowest BCUT2D eigenvalue weighted by Gasteiger charge is -2.22. The van der Waals surface area contributed by atoms with Gasteiger partial charge in [-0.3, -0.25) is 4.79 Å². The molecule has 0 spiro atoms. The van der Waals surface area contributed by atoms with Crippen molar-refractivity contribution >= 4 is 34.8 Å². The van der Waals surface area contributed by atoms with Crippen molar-refractivity contribution in [2.75, 3.05) is 11.9 Å². The maximum Gasteiger partial charge on any atom is 0.262 e. The largest absolute Gasteiger partial charge is 0.313 e. The minimum Gasteiger partial charge on any atom is -0.313 e. The number of halogens is 2. The second-order valence-corrected chi connectivity index (χ2v) is 4.79. The number of hydrogen-bond donors (Lipinski definition) is 0. The van der Waals surface area contributed by atoms with Gasteiger partial charge >= 0.3 is 0 Å². The van der Waals surface area contributed by atoms with E-state index in [9.17, 15) is 4.79 Å². The Balaban J connectivity index is 2.87. The Bertz CT molecular complexity index is 319. The molecule has 0 fully saturated rings. The first-order valence-corrected chi connectivity index (χ1v) is 4.89. The molecule has 76 valence electrons. The summed E-state index contributed by atoms with van der Waals surface area (Å²) < 4.78 is -1.38. The Morgan fingerprint density at radius 3 is 2.21 bits per heavy atom. The van der Waals surface area contributed by atoms with Crippen LogP contribution in [0, 0.1) is 0 Å². The SMILES string of the molecule is CN(C(=O)C(C)(Cl)Cl)c1ccccc1. The summed E-state index contributed by atoms with van der Waals surface area (Å²) >= 11 is 11.4. The summed E-state index contributed by atoms with van der Waals surface area (Å²) in [7, 11) is 1.64. The van der Waals surface area contributed by atoms with Gasteiger partial charge in [0.15, 0.2) is 4.33 Å². The van der Waals surface area contributed by atoms with Crippen LogP contribution in [-0.4, -0.2) is 17.3 Å². The van der Waals surface area contributed by atoms with Crippen molar-refractivity contribution in [1.82, 2.24) is 0 Å². The van der Waals surface area contributed by atoms with Crippen LogP contribution in [0.3, 0.4) is 0 Å². The maximum absolute atomic E-state index is 11.6. The molecular formula is C10H11Cl2NO. The number of hydrogen-bond acceptors (Lipinski definition) is 1. The Hall–Kier alpha value is -0.730. The summed E-state index contributed by atoms with van der Waals surface area (Å²) in [5, 5.41) is 0.